The van der Waals surface area contributed by atoms with E-state index < -0.39 is 0 Å². The van der Waals surface area contributed by atoms with Crippen LogP contribution in [0.1, 0.15) is 0 Å². The lowest BCUT2D eigenvalue weighted by Gasteiger charge is -2.01. The van der Waals surface area contributed by atoms with E-state index in [1.807, 2.05) is 0 Å². The third kappa shape index (κ3) is 2.95. The maximum Gasteiger partial charge on any atom is 0.137 e. The number of hydrogen-bond donors (Lipinski definition) is 0. The Balaban J connectivity index is 2.52. The SMILES string of the molecule is ClCCOc1ccc(Cl)nc1. The lowest BCUT2D eigenvalue weighted by Crippen LogP contribution is -1.97. The molecule has 0 atom stereocenters. The maximum absolute atomic E-state index is 5.55. The maximum atomic E-state index is 5.55. The van der Waals surface area contributed by atoms with Crippen molar-refractivity contribution in [2.45, 2.75) is 0 Å². The molecule has 0 saturated heterocycles. The highest BCUT2D eigenvalue weighted by Gasteiger charge is 1.92. The highest BCUT2D eigenvalue weighted by atomic mass is 35.5. The fraction of sp³-hybridized carbons (Fsp3) is 0.286. The summed E-state index contributed by atoms with van der Waals surface area (Å²) >= 11 is 11.0. The van der Waals surface area contributed by atoms with Crippen LogP contribution in [0.4, 0.5) is 0 Å². The third-order valence-electron chi connectivity index (χ3n) is 1.05. The summed E-state index contributed by atoms with van der Waals surface area (Å²) in [5, 5.41) is 0.461. The van der Waals surface area contributed by atoms with Crippen LogP contribution >= 0.6 is 23.2 Å². The molecule has 1 aromatic rings. The van der Waals surface area contributed by atoms with Crippen LogP contribution in [-0.2, 0) is 0 Å². The molecule has 4 heteroatoms. The predicted molar refractivity (Wildman–Crippen MR) is 45.5 cm³/mol. The molecule has 1 aromatic heterocycles. The van der Waals surface area contributed by atoms with E-state index in [2.05, 4.69) is 4.98 Å². The molecule has 0 radical (unpaired) electrons. The second-order valence-electron chi connectivity index (χ2n) is 1.85. The Morgan fingerprint density at radius 3 is 2.82 bits per heavy atom. The van der Waals surface area contributed by atoms with Crippen LogP contribution in [-0.4, -0.2) is 17.5 Å². The molecule has 0 aliphatic heterocycles. The Labute approximate surface area is 75.1 Å². The van der Waals surface area contributed by atoms with Crippen molar-refractivity contribution in [1.82, 2.24) is 4.98 Å². The highest BCUT2D eigenvalue weighted by molar-refractivity contribution is 6.29. The van der Waals surface area contributed by atoms with E-state index in [1.165, 1.54) is 0 Å². The van der Waals surface area contributed by atoms with Crippen LogP contribution in [0.15, 0.2) is 18.3 Å². The molecule has 11 heavy (non-hydrogen) atoms. The molecule has 0 aliphatic carbocycles. The molecule has 1 heterocycles. The monoisotopic (exact) mass is 191 g/mol. The van der Waals surface area contributed by atoms with Gasteiger partial charge in [-0.15, -0.1) is 11.6 Å². The smallest absolute Gasteiger partial charge is 0.137 e. The molecule has 1 rings (SSSR count). The number of aromatic nitrogens is 1. The molecule has 0 amide bonds. The quantitative estimate of drug-likeness (QED) is 0.541. The average Bonchev–Trinajstić information content (AvgIpc) is 2.04. The van der Waals surface area contributed by atoms with Crippen molar-refractivity contribution in [1.29, 1.82) is 0 Å². The minimum atomic E-state index is 0.461. The van der Waals surface area contributed by atoms with E-state index in [4.69, 9.17) is 27.9 Å². The lowest BCUT2D eigenvalue weighted by atomic mass is 10.5. The second-order valence-corrected chi connectivity index (χ2v) is 2.62. The molecule has 0 N–H and O–H groups in total. The van der Waals surface area contributed by atoms with Crippen LogP contribution in [0, 0.1) is 0 Å². The van der Waals surface area contributed by atoms with Crippen molar-refractivity contribution in [3.8, 4) is 5.75 Å². The van der Waals surface area contributed by atoms with Crippen LogP contribution < -0.4 is 4.74 Å². The van der Waals surface area contributed by atoms with Gasteiger partial charge in [0.05, 0.1) is 12.1 Å². The van der Waals surface area contributed by atoms with Crippen LogP contribution in [0.3, 0.4) is 0 Å². The van der Waals surface area contributed by atoms with Gasteiger partial charge in [0.25, 0.3) is 0 Å². The number of alkyl halides is 1. The molecule has 0 fully saturated rings. The molecule has 0 aromatic carbocycles. The molecule has 60 valence electrons. The Morgan fingerprint density at radius 1 is 1.45 bits per heavy atom. The van der Waals surface area contributed by atoms with Gasteiger partial charge in [0.1, 0.15) is 17.5 Å². The molecule has 0 saturated carbocycles. The summed E-state index contributed by atoms with van der Waals surface area (Å²) in [4.78, 5) is 3.83. The normalized spacial score (nSPS) is 9.64. The van der Waals surface area contributed by atoms with Gasteiger partial charge < -0.3 is 4.74 Å². The molecule has 0 bridgehead atoms. The first-order valence-corrected chi connectivity index (χ1v) is 4.04. The van der Waals surface area contributed by atoms with E-state index in [1.54, 1.807) is 18.3 Å². The van der Waals surface area contributed by atoms with Crippen LogP contribution in [0.2, 0.25) is 5.15 Å². The number of pyridine rings is 1. The van der Waals surface area contributed by atoms with Gasteiger partial charge in [0.2, 0.25) is 0 Å². The van der Waals surface area contributed by atoms with Crippen molar-refractivity contribution >= 4 is 23.2 Å². The third-order valence-corrected chi connectivity index (χ3v) is 1.42. The average molecular weight is 192 g/mol. The summed E-state index contributed by atoms with van der Waals surface area (Å²) in [6, 6.07) is 3.42. The molecule has 0 unspecified atom stereocenters. The zero-order chi connectivity index (χ0) is 8.10. The van der Waals surface area contributed by atoms with Crippen molar-refractivity contribution in [3.05, 3.63) is 23.5 Å². The Morgan fingerprint density at radius 2 is 2.27 bits per heavy atom. The van der Waals surface area contributed by atoms with Crippen molar-refractivity contribution in [2.24, 2.45) is 0 Å². The van der Waals surface area contributed by atoms with Crippen LogP contribution in [0.25, 0.3) is 0 Å². The van der Waals surface area contributed by atoms with Gasteiger partial charge in [-0.25, -0.2) is 4.98 Å². The van der Waals surface area contributed by atoms with Gasteiger partial charge in [0, 0.05) is 0 Å². The first kappa shape index (κ1) is 8.62. The Kier molecular flexibility index (Phi) is 3.46. The number of nitrogens with zero attached hydrogens (tertiary/aromatic N) is 1. The van der Waals surface area contributed by atoms with E-state index in [0.717, 1.165) is 0 Å². The van der Waals surface area contributed by atoms with E-state index in [9.17, 15) is 0 Å². The zero-order valence-electron chi connectivity index (χ0n) is 5.76. The number of rotatable bonds is 3. The Hall–Kier alpha value is -0.470. The van der Waals surface area contributed by atoms with Gasteiger partial charge in [-0.2, -0.15) is 0 Å². The fourth-order valence-electron chi connectivity index (χ4n) is 0.604. The minimum Gasteiger partial charge on any atom is -0.491 e. The van der Waals surface area contributed by atoms with Crippen molar-refractivity contribution < 1.29 is 4.74 Å². The summed E-state index contributed by atoms with van der Waals surface area (Å²) in [5.41, 5.74) is 0. The molecular formula is C7H7Cl2NO. The predicted octanol–water partition coefficient (Wildman–Crippen LogP) is 2.35. The second kappa shape index (κ2) is 4.42. The standard InChI is InChI=1S/C7H7Cl2NO/c8-3-4-11-6-1-2-7(9)10-5-6/h1-2,5H,3-4H2. The first-order valence-electron chi connectivity index (χ1n) is 3.13. The minimum absolute atomic E-state index is 0.461. The number of halogens is 2. The largest absolute Gasteiger partial charge is 0.491 e. The van der Waals surface area contributed by atoms with Crippen molar-refractivity contribution in [2.75, 3.05) is 12.5 Å². The molecular weight excluding hydrogens is 185 g/mol. The molecule has 0 aliphatic rings. The van der Waals surface area contributed by atoms with Gasteiger partial charge in [-0.3, -0.25) is 0 Å². The zero-order valence-corrected chi connectivity index (χ0v) is 7.27. The van der Waals surface area contributed by atoms with E-state index in [-0.39, 0.29) is 0 Å². The fourth-order valence-corrected chi connectivity index (χ4v) is 0.793. The van der Waals surface area contributed by atoms with Gasteiger partial charge in [-0.05, 0) is 12.1 Å². The highest BCUT2D eigenvalue weighted by Crippen LogP contribution is 2.11. The van der Waals surface area contributed by atoms with E-state index in [0.29, 0.717) is 23.4 Å². The lowest BCUT2D eigenvalue weighted by molar-refractivity contribution is 0.341. The van der Waals surface area contributed by atoms with Gasteiger partial charge >= 0.3 is 0 Å². The summed E-state index contributed by atoms with van der Waals surface area (Å²) in [6.07, 6.45) is 1.56. The summed E-state index contributed by atoms with van der Waals surface area (Å²) < 4.78 is 5.16. The summed E-state index contributed by atoms with van der Waals surface area (Å²) in [6.45, 7) is 0.491. The summed E-state index contributed by atoms with van der Waals surface area (Å²) in [7, 11) is 0. The first-order chi connectivity index (χ1) is 5.33. The molecule has 2 nitrogen and oxygen atoms in total. The Bertz CT molecular complexity index is 212. The van der Waals surface area contributed by atoms with Crippen molar-refractivity contribution in [3.63, 3.8) is 0 Å². The summed E-state index contributed by atoms with van der Waals surface area (Å²) in [5.74, 6) is 1.16. The van der Waals surface area contributed by atoms with Gasteiger partial charge in [-0.1, -0.05) is 11.6 Å². The number of hydrogen-bond acceptors (Lipinski definition) is 2. The number of ether oxygens (including phenoxy) is 1. The molecule has 0 spiro atoms. The van der Waals surface area contributed by atoms with Gasteiger partial charge in [0.15, 0.2) is 0 Å². The van der Waals surface area contributed by atoms with E-state index >= 15 is 0 Å². The topological polar surface area (TPSA) is 22.1 Å². The van der Waals surface area contributed by atoms with Crippen LogP contribution in [0.5, 0.6) is 5.75 Å².